The topological polar surface area (TPSA) is 35.2 Å². The first-order valence-electron chi connectivity index (χ1n) is 6.80. The molecule has 2 rings (SSSR count). The molecule has 1 aliphatic carbocycles. The van der Waals surface area contributed by atoms with Gasteiger partial charge < -0.3 is 10.5 Å². The summed E-state index contributed by atoms with van der Waals surface area (Å²) in [6, 6.07) is 4.60. The largest absolute Gasteiger partial charge is 0.490 e. The molecule has 1 fully saturated rings. The van der Waals surface area contributed by atoms with Crippen molar-refractivity contribution in [3.05, 3.63) is 29.6 Å². The highest BCUT2D eigenvalue weighted by Gasteiger charge is 2.24. The van der Waals surface area contributed by atoms with Crippen molar-refractivity contribution in [1.29, 1.82) is 0 Å². The monoisotopic (exact) mass is 251 g/mol. The molecule has 0 radical (unpaired) electrons. The lowest BCUT2D eigenvalue weighted by Crippen LogP contribution is -2.29. The zero-order valence-electron chi connectivity index (χ0n) is 11.2. The minimum atomic E-state index is -0.347. The summed E-state index contributed by atoms with van der Waals surface area (Å²) in [4.78, 5) is 0. The summed E-state index contributed by atoms with van der Waals surface area (Å²) in [5.41, 5.74) is 6.33. The van der Waals surface area contributed by atoms with E-state index < -0.39 is 0 Å². The molecule has 2 N–H and O–H groups in total. The molecule has 3 heteroatoms. The maximum Gasteiger partial charge on any atom is 0.131 e. The van der Waals surface area contributed by atoms with E-state index in [1.165, 1.54) is 25.3 Å². The van der Waals surface area contributed by atoms with Gasteiger partial charge in [0.25, 0.3) is 0 Å². The maximum atomic E-state index is 13.8. The van der Waals surface area contributed by atoms with Crippen LogP contribution >= 0.6 is 0 Å². The summed E-state index contributed by atoms with van der Waals surface area (Å²) in [5, 5.41) is 0. The van der Waals surface area contributed by atoms with E-state index in [-0.39, 0.29) is 18.0 Å². The summed E-state index contributed by atoms with van der Waals surface area (Å²) in [5.74, 6) is 0.873. The molecule has 0 bridgehead atoms. The van der Waals surface area contributed by atoms with E-state index in [2.05, 4.69) is 6.92 Å². The molecule has 1 aromatic rings. The molecule has 0 aromatic heterocycles. The van der Waals surface area contributed by atoms with Crippen LogP contribution < -0.4 is 10.5 Å². The molecule has 1 saturated carbocycles. The number of nitrogens with two attached hydrogens (primary N) is 1. The normalized spacial score (nSPS) is 25.8. The maximum absolute atomic E-state index is 13.8. The summed E-state index contributed by atoms with van der Waals surface area (Å²) in [6.45, 7) is 3.99. The lowest BCUT2D eigenvalue weighted by Gasteiger charge is -2.30. The summed E-state index contributed by atoms with van der Waals surface area (Å²) in [6.07, 6.45) is 4.89. The number of benzene rings is 1. The van der Waals surface area contributed by atoms with Gasteiger partial charge in [-0.15, -0.1) is 0 Å². The van der Waals surface area contributed by atoms with Crippen molar-refractivity contribution in [2.45, 2.75) is 51.7 Å². The Morgan fingerprint density at radius 2 is 2.06 bits per heavy atom. The van der Waals surface area contributed by atoms with Gasteiger partial charge in [0, 0.05) is 11.6 Å². The number of rotatable bonds is 3. The van der Waals surface area contributed by atoms with E-state index in [9.17, 15) is 4.39 Å². The van der Waals surface area contributed by atoms with Crippen LogP contribution in [0.15, 0.2) is 18.2 Å². The molecule has 2 unspecified atom stereocenters. The highest BCUT2D eigenvalue weighted by atomic mass is 19.1. The predicted octanol–water partition coefficient (Wildman–Crippen LogP) is 3.80. The second-order valence-corrected chi connectivity index (χ2v) is 5.36. The molecular formula is C15H22FNO. The molecule has 0 amide bonds. The van der Waals surface area contributed by atoms with E-state index in [1.807, 2.05) is 6.07 Å². The molecule has 2 nitrogen and oxygen atoms in total. The van der Waals surface area contributed by atoms with Gasteiger partial charge in [-0.3, -0.25) is 0 Å². The predicted molar refractivity (Wildman–Crippen MR) is 71.1 cm³/mol. The van der Waals surface area contributed by atoms with E-state index >= 15 is 0 Å². The number of hydrogen-bond acceptors (Lipinski definition) is 2. The second kappa shape index (κ2) is 5.70. The molecule has 1 aromatic carbocycles. The van der Waals surface area contributed by atoms with Crippen LogP contribution in [-0.4, -0.2) is 6.10 Å². The Morgan fingerprint density at radius 1 is 1.33 bits per heavy atom. The Morgan fingerprint density at radius 3 is 2.72 bits per heavy atom. The molecule has 3 atom stereocenters. The average molecular weight is 251 g/mol. The first kappa shape index (κ1) is 13.3. The summed E-state index contributed by atoms with van der Waals surface area (Å²) >= 11 is 0. The number of halogens is 1. The first-order chi connectivity index (χ1) is 8.59. The van der Waals surface area contributed by atoms with Crippen molar-refractivity contribution in [1.82, 2.24) is 0 Å². The quantitative estimate of drug-likeness (QED) is 0.886. The van der Waals surface area contributed by atoms with Gasteiger partial charge in [0.2, 0.25) is 0 Å². The van der Waals surface area contributed by atoms with Crippen LogP contribution in [0.25, 0.3) is 0 Å². The van der Waals surface area contributed by atoms with Gasteiger partial charge in [0.1, 0.15) is 17.7 Å². The molecule has 18 heavy (non-hydrogen) atoms. The fourth-order valence-electron chi connectivity index (χ4n) is 2.68. The van der Waals surface area contributed by atoms with E-state index in [0.29, 0.717) is 17.2 Å². The first-order valence-corrected chi connectivity index (χ1v) is 6.80. The van der Waals surface area contributed by atoms with E-state index in [4.69, 9.17) is 10.5 Å². The van der Waals surface area contributed by atoms with Crippen molar-refractivity contribution in [2.75, 3.05) is 0 Å². The van der Waals surface area contributed by atoms with E-state index in [1.54, 1.807) is 13.0 Å². The van der Waals surface area contributed by atoms with Crippen LogP contribution in [-0.2, 0) is 0 Å². The highest BCUT2D eigenvalue weighted by molar-refractivity contribution is 5.37. The lowest BCUT2D eigenvalue weighted by atomic mass is 9.88. The van der Waals surface area contributed by atoms with Crippen LogP contribution in [0.5, 0.6) is 5.75 Å². The third-order valence-corrected chi connectivity index (χ3v) is 3.78. The van der Waals surface area contributed by atoms with Gasteiger partial charge in [0.05, 0.1) is 0 Å². The van der Waals surface area contributed by atoms with Crippen molar-refractivity contribution in [3.63, 3.8) is 0 Å². The van der Waals surface area contributed by atoms with Gasteiger partial charge in [0.15, 0.2) is 0 Å². The van der Waals surface area contributed by atoms with Gasteiger partial charge in [-0.2, -0.15) is 0 Å². The Kier molecular flexibility index (Phi) is 4.23. The average Bonchev–Trinajstić information content (AvgIpc) is 2.31. The fourth-order valence-corrected chi connectivity index (χ4v) is 2.68. The van der Waals surface area contributed by atoms with Crippen molar-refractivity contribution in [3.8, 4) is 5.75 Å². The standard InChI is InChI=1S/C15H22FNO/c1-10-6-3-4-8-13(10)18-14-9-5-7-12(16)15(14)11(2)17/h5,7,9-11,13H,3-4,6,8,17H2,1-2H3/t10?,11-,13?/m1/s1. The minimum absolute atomic E-state index is 0.193. The number of ether oxygens (including phenoxy) is 1. The molecular weight excluding hydrogens is 229 g/mol. The van der Waals surface area contributed by atoms with Crippen LogP contribution in [0.1, 0.15) is 51.1 Å². The van der Waals surface area contributed by atoms with Crippen molar-refractivity contribution >= 4 is 0 Å². The zero-order valence-corrected chi connectivity index (χ0v) is 11.2. The highest BCUT2D eigenvalue weighted by Crippen LogP contribution is 2.32. The zero-order chi connectivity index (χ0) is 13.1. The third kappa shape index (κ3) is 2.83. The molecule has 0 aliphatic heterocycles. The second-order valence-electron chi connectivity index (χ2n) is 5.36. The van der Waals surface area contributed by atoms with Crippen LogP contribution in [0.3, 0.4) is 0 Å². The third-order valence-electron chi connectivity index (χ3n) is 3.78. The van der Waals surface area contributed by atoms with Crippen molar-refractivity contribution < 1.29 is 9.13 Å². The van der Waals surface area contributed by atoms with E-state index in [0.717, 1.165) is 6.42 Å². The molecule has 1 aliphatic rings. The lowest BCUT2D eigenvalue weighted by molar-refractivity contribution is 0.101. The Labute approximate surface area is 108 Å². The van der Waals surface area contributed by atoms with Gasteiger partial charge in [-0.1, -0.05) is 19.4 Å². The van der Waals surface area contributed by atoms with Gasteiger partial charge in [-0.05, 0) is 44.2 Å². The van der Waals surface area contributed by atoms with Gasteiger partial charge >= 0.3 is 0 Å². The Bertz CT molecular complexity index is 405. The number of hydrogen-bond donors (Lipinski definition) is 1. The molecule has 0 heterocycles. The van der Waals surface area contributed by atoms with Crippen LogP contribution in [0, 0.1) is 11.7 Å². The van der Waals surface area contributed by atoms with Crippen LogP contribution in [0.4, 0.5) is 4.39 Å². The Balaban J connectivity index is 2.20. The minimum Gasteiger partial charge on any atom is -0.490 e. The smallest absolute Gasteiger partial charge is 0.131 e. The SMILES string of the molecule is CC1CCCCC1Oc1cccc(F)c1[C@@H](C)N. The molecule has 100 valence electrons. The fraction of sp³-hybridized carbons (Fsp3) is 0.600. The Hall–Kier alpha value is -1.09. The summed E-state index contributed by atoms with van der Waals surface area (Å²) < 4.78 is 19.8. The van der Waals surface area contributed by atoms with Crippen LogP contribution in [0.2, 0.25) is 0 Å². The molecule has 0 spiro atoms. The summed E-state index contributed by atoms with van der Waals surface area (Å²) in [7, 11) is 0. The van der Waals surface area contributed by atoms with Gasteiger partial charge in [-0.25, -0.2) is 4.39 Å². The molecule has 0 saturated heterocycles. The van der Waals surface area contributed by atoms with Crippen molar-refractivity contribution in [2.24, 2.45) is 11.7 Å².